The highest BCUT2D eigenvalue weighted by molar-refractivity contribution is 6.23. The van der Waals surface area contributed by atoms with Crippen molar-refractivity contribution in [2.24, 2.45) is 0 Å². The van der Waals surface area contributed by atoms with E-state index in [2.05, 4.69) is 242 Å². The van der Waals surface area contributed by atoms with Crippen molar-refractivity contribution in [1.29, 1.82) is 0 Å². The van der Waals surface area contributed by atoms with Gasteiger partial charge in [-0.3, -0.25) is 0 Å². The van der Waals surface area contributed by atoms with E-state index in [0.29, 0.717) is 0 Å². The molecule has 0 aliphatic heterocycles. The summed E-state index contributed by atoms with van der Waals surface area (Å²) in [5, 5.41) is 7.07. The molecule has 3 heteroatoms. The minimum Gasteiger partial charge on any atom is -0.456 e. The molecule has 0 saturated heterocycles. The summed E-state index contributed by atoms with van der Waals surface area (Å²) in [6.45, 7) is 4.71. The van der Waals surface area contributed by atoms with Crippen LogP contribution in [0.25, 0.3) is 93.6 Å². The van der Waals surface area contributed by atoms with Gasteiger partial charge in [0.05, 0.1) is 27.8 Å². The van der Waals surface area contributed by atoms with Crippen molar-refractivity contribution in [1.82, 2.24) is 4.57 Å². The van der Waals surface area contributed by atoms with Crippen LogP contribution in [0, 0.1) is 0 Å². The van der Waals surface area contributed by atoms with Crippen LogP contribution in [0.2, 0.25) is 0 Å². The van der Waals surface area contributed by atoms with E-state index in [-0.39, 0.29) is 5.41 Å². The second-order valence-electron chi connectivity index (χ2n) is 17.6. The average molecular weight is 819 g/mol. The number of hydrogen-bond acceptors (Lipinski definition) is 2. The van der Waals surface area contributed by atoms with Gasteiger partial charge in [0.15, 0.2) is 0 Å². The number of nitrogens with zero attached hydrogens (tertiary/aromatic N) is 2. The summed E-state index contributed by atoms with van der Waals surface area (Å²) in [5.41, 5.74) is 18.4. The summed E-state index contributed by atoms with van der Waals surface area (Å²) in [5.74, 6) is 0. The molecule has 0 bridgehead atoms. The molecule has 0 amide bonds. The van der Waals surface area contributed by atoms with Crippen molar-refractivity contribution in [2.75, 3.05) is 4.90 Å². The molecule has 0 saturated carbocycles. The van der Waals surface area contributed by atoms with Gasteiger partial charge < -0.3 is 13.9 Å². The molecule has 13 rings (SSSR count). The van der Waals surface area contributed by atoms with E-state index in [1.165, 1.54) is 71.5 Å². The number of hydrogen-bond donors (Lipinski definition) is 0. The smallest absolute Gasteiger partial charge is 0.137 e. The van der Waals surface area contributed by atoms with E-state index in [4.69, 9.17) is 4.42 Å². The summed E-state index contributed by atoms with van der Waals surface area (Å²) in [6, 6.07) is 79.5. The van der Waals surface area contributed by atoms with Crippen LogP contribution in [0.15, 0.2) is 223 Å². The van der Waals surface area contributed by atoms with Gasteiger partial charge in [0, 0.05) is 43.9 Å². The number of anilines is 3. The predicted octanol–water partition coefficient (Wildman–Crippen LogP) is 16.9. The van der Waals surface area contributed by atoms with Crippen LogP contribution >= 0.6 is 0 Å². The standard InChI is InChI=1S/C61H42N2O/c1-61(2)51-25-13-11-24-47(51)58-52(61)26-15-28-54(58)62(43-34-31-40(32-35-43)39-17-5-3-6-18-39)55-29-16-30-57-59(55)50-37-41(33-36-56(50)64-57)48-38-49-45-22-12-14-27-53(45)63(42-19-7-4-8-20-42)60(49)46-23-10-9-21-44(46)48/h3-38H,1-2H3. The lowest BCUT2D eigenvalue weighted by atomic mass is 9.82. The molecule has 302 valence electrons. The van der Waals surface area contributed by atoms with Gasteiger partial charge in [0.2, 0.25) is 0 Å². The maximum Gasteiger partial charge on any atom is 0.137 e. The van der Waals surface area contributed by atoms with Crippen molar-refractivity contribution in [3.05, 3.63) is 230 Å². The van der Waals surface area contributed by atoms with Crippen LogP contribution in [0.5, 0.6) is 0 Å². The lowest BCUT2D eigenvalue weighted by Gasteiger charge is -2.29. The van der Waals surface area contributed by atoms with Crippen molar-refractivity contribution >= 4 is 71.6 Å². The van der Waals surface area contributed by atoms with Crippen LogP contribution in [0.4, 0.5) is 17.1 Å². The van der Waals surface area contributed by atoms with E-state index >= 15 is 0 Å². The van der Waals surface area contributed by atoms with Gasteiger partial charge in [-0.2, -0.15) is 0 Å². The first-order valence-electron chi connectivity index (χ1n) is 22.2. The van der Waals surface area contributed by atoms with E-state index in [9.17, 15) is 0 Å². The number of benzene rings is 10. The predicted molar refractivity (Wildman–Crippen MR) is 269 cm³/mol. The molecule has 12 aromatic rings. The summed E-state index contributed by atoms with van der Waals surface area (Å²) in [7, 11) is 0. The SMILES string of the molecule is CC1(C)c2ccccc2-c2c(N(c3ccc(-c4ccccc4)cc3)c3cccc4oc5ccc(-c6cc7c8ccccc8n(-c8ccccc8)c7c7ccccc67)cc5c34)cccc21. The van der Waals surface area contributed by atoms with Gasteiger partial charge in [-0.15, -0.1) is 0 Å². The van der Waals surface area contributed by atoms with Gasteiger partial charge in [-0.05, 0) is 111 Å². The minimum absolute atomic E-state index is 0.148. The van der Waals surface area contributed by atoms with Crippen LogP contribution in [0.1, 0.15) is 25.0 Å². The number of fused-ring (bicyclic) bond motifs is 11. The number of para-hydroxylation sites is 2. The molecule has 0 N–H and O–H groups in total. The second-order valence-corrected chi connectivity index (χ2v) is 17.6. The van der Waals surface area contributed by atoms with Crippen molar-refractivity contribution in [3.63, 3.8) is 0 Å². The highest BCUT2D eigenvalue weighted by atomic mass is 16.3. The van der Waals surface area contributed by atoms with Crippen molar-refractivity contribution in [2.45, 2.75) is 19.3 Å². The van der Waals surface area contributed by atoms with Gasteiger partial charge in [0.25, 0.3) is 0 Å². The molecule has 1 aliphatic rings. The fraction of sp³-hybridized carbons (Fsp3) is 0.0492. The molecule has 64 heavy (non-hydrogen) atoms. The van der Waals surface area contributed by atoms with E-state index < -0.39 is 0 Å². The van der Waals surface area contributed by atoms with E-state index in [0.717, 1.165) is 50.3 Å². The summed E-state index contributed by atoms with van der Waals surface area (Å²) >= 11 is 0. The first-order valence-corrected chi connectivity index (χ1v) is 22.2. The molecule has 0 spiro atoms. The van der Waals surface area contributed by atoms with Crippen molar-refractivity contribution in [3.8, 4) is 39.1 Å². The molecule has 0 atom stereocenters. The molecule has 2 aromatic heterocycles. The average Bonchev–Trinajstić information content (AvgIpc) is 3.98. The second kappa shape index (κ2) is 13.9. The van der Waals surface area contributed by atoms with Crippen LogP contribution in [-0.2, 0) is 5.41 Å². The fourth-order valence-electron chi connectivity index (χ4n) is 10.8. The van der Waals surface area contributed by atoms with Crippen LogP contribution in [-0.4, -0.2) is 4.57 Å². The Labute approximate surface area is 371 Å². The number of furan rings is 1. The fourth-order valence-corrected chi connectivity index (χ4v) is 10.8. The zero-order valence-corrected chi connectivity index (χ0v) is 35.6. The molecule has 1 aliphatic carbocycles. The first-order chi connectivity index (χ1) is 31.5. The van der Waals surface area contributed by atoms with Gasteiger partial charge in [-0.1, -0.05) is 166 Å². The maximum atomic E-state index is 6.80. The third kappa shape index (κ3) is 5.34. The molecular weight excluding hydrogens is 777 g/mol. The first kappa shape index (κ1) is 36.5. The Hall–Kier alpha value is -8.14. The molecule has 10 aromatic carbocycles. The summed E-state index contributed by atoms with van der Waals surface area (Å²) in [4.78, 5) is 2.47. The van der Waals surface area contributed by atoms with Gasteiger partial charge in [0.1, 0.15) is 11.2 Å². The topological polar surface area (TPSA) is 21.3 Å². The molecule has 0 radical (unpaired) electrons. The third-order valence-electron chi connectivity index (χ3n) is 13.8. The van der Waals surface area contributed by atoms with Crippen LogP contribution in [0.3, 0.4) is 0 Å². The van der Waals surface area contributed by atoms with E-state index in [1.54, 1.807) is 0 Å². The number of rotatable bonds is 6. The third-order valence-corrected chi connectivity index (χ3v) is 13.8. The summed E-state index contributed by atoms with van der Waals surface area (Å²) < 4.78 is 9.23. The lowest BCUT2D eigenvalue weighted by Crippen LogP contribution is -2.16. The Morgan fingerprint density at radius 3 is 1.89 bits per heavy atom. The summed E-state index contributed by atoms with van der Waals surface area (Å²) in [6.07, 6.45) is 0. The maximum absolute atomic E-state index is 6.80. The Kier molecular flexibility index (Phi) is 7.95. The Morgan fingerprint density at radius 1 is 0.422 bits per heavy atom. The minimum atomic E-state index is -0.148. The Morgan fingerprint density at radius 2 is 1.06 bits per heavy atom. The largest absolute Gasteiger partial charge is 0.456 e. The molecule has 0 unspecified atom stereocenters. The Balaban J connectivity index is 1.06. The monoisotopic (exact) mass is 818 g/mol. The number of aromatic nitrogens is 1. The quantitative estimate of drug-likeness (QED) is 0.167. The molecule has 0 fully saturated rings. The van der Waals surface area contributed by atoms with E-state index in [1.807, 2.05) is 0 Å². The lowest BCUT2D eigenvalue weighted by molar-refractivity contribution is 0.660. The molecular formula is C61H42N2O. The van der Waals surface area contributed by atoms with Gasteiger partial charge >= 0.3 is 0 Å². The highest BCUT2D eigenvalue weighted by Gasteiger charge is 2.38. The van der Waals surface area contributed by atoms with Crippen molar-refractivity contribution < 1.29 is 4.42 Å². The normalized spacial score (nSPS) is 13.0. The zero-order valence-electron chi connectivity index (χ0n) is 35.6. The molecule has 2 heterocycles. The Bertz CT molecular complexity index is 3800. The highest BCUT2D eigenvalue weighted by Crippen LogP contribution is 2.55. The van der Waals surface area contributed by atoms with Crippen LogP contribution < -0.4 is 4.90 Å². The zero-order chi connectivity index (χ0) is 42.5. The molecule has 3 nitrogen and oxygen atoms in total. The van der Waals surface area contributed by atoms with Gasteiger partial charge in [-0.25, -0.2) is 0 Å².